The summed E-state index contributed by atoms with van der Waals surface area (Å²) >= 11 is 7.60. The molecule has 6 nitrogen and oxygen atoms in total. The standard InChI is InChI=1S/C20H26ClN5OS/c1-25(2)18-13-17(21)23-20(24-18)28-14-15-6-5-7-16(12-15)19(27)22-8-11-26-9-3-4-10-26/h5-7,12-13H,3-4,8-11,14H2,1-2H3,(H,22,27)/p+1. The van der Waals surface area contributed by atoms with Crippen LogP contribution in [0.2, 0.25) is 5.15 Å². The van der Waals surface area contributed by atoms with Crippen LogP contribution in [0.15, 0.2) is 35.5 Å². The number of likely N-dealkylation sites (tertiary alicyclic amines) is 1. The number of carbonyl (C=O) groups excluding carboxylic acids is 1. The first-order chi connectivity index (χ1) is 13.5. The van der Waals surface area contributed by atoms with E-state index in [9.17, 15) is 4.79 Å². The van der Waals surface area contributed by atoms with E-state index >= 15 is 0 Å². The van der Waals surface area contributed by atoms with E-state index in [-0.39, 0.29) is 5.91 Å². The molecule has 1 aliphatic rings. The third kappa shape index (κ3) is 6.09. The van der Waals surface area contributed by atoms with Crippen LogP contribution in [0.1, 0.15) is 28.8 Å². The first-order valence-electron chi connectivity index (χ1n) is 9.56. The molecular weight excluding hydrogens is 394 g/mol. The zero-order chi connectivity index (χ0) is 19.9. The molecule has 0 unspecified atom stereocenters. The van der Waals surface area contributed by atoms with Gasteiger partial charge in [-0.3, -0.25) is 4.79 Å². The van der Waals surface area contributed by atoms with Crippen molar-refractivity contribution in [1.82, 2.24) is 15.3 Å². The zero-order valence-corrected chi connectivity index (χ0v) is 17.9. The lowest BCUT2D eigenvalue weighted by Gasteiger charge is -2.13. The van der Waals surface area contributed by atoms with Crippen LogP contribution in [0.3, 0.4) is 0 Å². The van der Waals surface area contributed by atoms with E-state index in [4.69, 9.17) is 11.6 Å². The van der Waals surface area contributed by atoms with Gasteiger partial charge in [-0.05, 0) is 17.7 Å². The Morgan fingerprint density at radius 2 is 2.04 bits per heavy atom. The van der Waals surface area contributed by atoms with E-state index in [1.807, 2.05) is 43.3 Å². The van der Waals surface area contributed by atoms with Gasteiger partial charge in [0.05, 0.1) is 26.2 Å². The van der Waals surface area contributed by atoms with Crippen LogP contribution in [0.25, 0.3) is 0 Å². The molecule has 2 heterocycles. The molecule has 0 radical (unpaired) electrons. The maximum Gasteiger partial charge on any atom is 0.251 e. The number of hydrogen-bond donors (Lipinski definition) is 2. The lowest BCUT2D eigenvalue weighted by Crippen LogP contribution is -3.10. The largest absolute Gasteiger partial charge is 0.363 e. The molecule has 1 aliphatic heterocycles. The Bertz CT molecular complexity index is 811. The third-order valence-electron chi connectivity index (χ3n) is 4.75. The average molecular weight is 421 g/mol. The number of carbonyl (C=O) groups is 1. The summed E-state index contributed by atoms with van der Waals surface area (Å²) in [4.78, 5) is 24.7. The fourth-order valence-corrected chi connectivity index (χ4v) is 4.23. The van der Waals surface area contributed by atoms with Gasteiger partial charge < -0.3 is 15.1 Å². The number of thioether (sulfide) groups is 1. The van der Waals surface area contributed by atoms with E-state index in [2.05, 4.69) is 15.3 Å². The number of quaternary nitrogens is 1. The number of nitrogens with zero attached hydrogens (tertiary/aromatic N) is 3. The van der Waals surface area contributed by atoms with Crippen molar-refractivity contribution in [2.75, 3.05) is 45.2 Å². The van der Waals surface area contributed by atoms with Crippen LogP contribution in [-0.2, 0) is 5.75 Å². The summed E-state index contributed by atoms with van der Waals surface area (Å²) in [6.07, 6.45) is 2.60. The van der Waals surface area contributed by atoms with Crippen molar-refractivity contribution in [2.45, 2.75) is 23.8 Å². The maximum atomic E-state index is 12.4. The molecule has 0 spiro atoms. The molecule has 3 rings (SSSR count). The highest BCUT2D eigenvalue weighted by atomic mass is 35.5. The number of benzene rings is 1. The van der Waals surface area contributed by atoms with Crippen LogP contribution < -0.4 is 15.1 Å². The van der Waals surface area contributed by atoms with E-state index in [1.165, 1.54) is 37.7 Å². The number of aromatic nitrogens is 2. The number of hydrogen-bond acceptors (Lipinski definition) is 5. The summed E-state index contributed by atoms with van der Waals surface area (Å²) < 4.78 is 0. The van der Waals surface area contributed by atoms with Crippen molar-refractivity contribution >= 4 is 35.1 Å². The van der Waals surface area contributed by atoms with E-state index in [0.29, 0.717) is 21.6 Å². The fourth-order valence-electron chi connectivity index (χ4n) is 3.21. The minimum Gasteiger partial charge on any atom is -0.363 e. The fraction of sp³-hybridized carbons (Fsp3) is 0.450. The molecule has 0 aliphatic carbocycles. The molecular formula is C20H27ClN5OS+. The van der Waals surface area contributed by atoms with E-state index < -0.39 is 0 Å². The summed E-state index contributed by atoms with van der Waals surface area (Å²) in [5.41, 5.74) is 1.74. The summed E-state index contributed by atoms with van der Waals surface area (Å²) in [7, 11) is 3.83. The minimum absolute atomic E-state index is 0.0145. The molecule has 150 valence electrons. The second-order valence-electron chi connectivity index (χ2n) is 7.18. The summed E-state index contributed by atoms with van der Waals surface area (Å²) in [6.45, 7) is 4.17. The predicted molar refractivity (Wildman–Crippen MR) is 115 cm³/mol. The molecule has 1 aromatic heterocycles. The summed E-state index contributed by atoms with van der Waals surface area (Å²) in [6, 6.07) is 9.45. The lowest BCUT2D eigenvalue weighted by molar-refractivity contribution is -0.886. The Morgan fingerprint density at radius 1 is 1.25 bits per heavy atom. The van der Waals surface area contributed by atoms with Gasteiger partial charge in [-0.15, -0.1) is 0 Å². The van der Waals surface area contributed by atoms with Gasteiger partial charge in [0.15, 0.2) is 5.16 Å². The van der Waals surface area contributed by atoms with Gasteiger partial charge in [0.1, 0.15) is 11.0 Å². The molecule has 28 heavy (non-hydrogen) atoms. The number of nitrogens with one attached hydrogen (secondary N) is 2. The minimum atomic E-state index is -0.0145. The monoisotopic (exact) mass is 420 g/mol. The van der Waals surface area contributed by atoms with Crippen molar-refractivity contribution in [2.24, 2.45) is 0 Å². The number of rotatable bonds is 8. The van der Waals surface area contributed by atoms with Crippen molar-refractivity contribution in [3.05, 3.63) is 46.6 Å². The Morgan fingerprint density at radius 3 is 2.79 bits per heavy atom. The molecule has 0 saturated carbocycles. The second-order valence-corrected chi connectivity index (χ2v) is 8.51. The zero-order valence-electron chi connectivity index (χ0n) is 16.4. The molecule has 1 saturated heterocycles. The average Bonchev–Trinajstić information content (AvgIpc) is 3.19. The van der Waals surface area contributed by atoms with Gasteiger partial charge in [-0.2, -0.15) is 0 Å². The van der Waals surface area contributed by atoms with Gasteiger partial charge in [-0.25, -0.2) is 9.97 Å². The number of halogens is 1. The number of anilines is 1. The van der Waals surface area contributed by atoms with Gasteiger partial charge in [0, 0.05) is 44.3 Å². The first-order valence-corrected chi connectivity index (χ1v) is 10.9. The van der Waals surface area contributed by atoms with E-state index in [1.54, 1.807) is 11.0 Å². The van der Waals surface area contributed by atoms with Gasteiger partial charge >= 0.3 is 0 Å². The van der Waals surface area contributed by atoms with Crippen LogP contribution >= 0.6 is 23.4 Å². The Balaban J connectivity index is 1.55. The quantitative estimate of drug-likeness (QED) is 0.388. The molecule has 1 amide bonds. The number of amides is 1. The molecule has 0 bridgehead atoms. The van der Waals surface area contributed by atoms with Crippen LogP contribution in [0.4, 0.5) is 5.82 Å². The Kier molecular flexibility index (Phi) is 7.53. The maximum absolute atomic E-state index is 12.4. The second kappa shape index (κ2) is 10.1. The van der Waals surface area contributed by atoms with Gasteiger partial charge in [0.2, 0.25) is 0 Å². The van der Waals surface area contributed by atoms with Crippen molar-refractivity contribution in [3.63, 3.8) is 0 Å². The molecule has 8 heteroatoms. The molecule has 2 N–H and O–H groups in total. The topological polar surface area (TPSA) is 62.6 Å². The highest BCUT2D eigenvalue weighted by molar-refractivity contribution is 7.98. The van der Waals surface area contributed by atoms with Crippen LogP contribution in [0, 0.1) is 0 Å². The highest BCUT2D eigenvalue weighted by Gasteiger charge is 2.15. The highest BCUT2D eigenvalue weighted by Crippen LogP contribution is 2.24. The summed E-state index contributed by atoms with van der Waals surface area (Å²) in [5.74, 6) is 1.43. The normalized spacial score (nSPS) is 14.2. The Labute approximate surface area is 175 Å². The molecule has 0 atom stereocenters. The third-order valence-corrected chi connectivity index (χ3v) is 5.86. The predicted octanol–water partition coefficient (Wildman–Crippen LogP) is 1.90. The van der Waals surface area contributed by atoms with Gasteiger partial charge in [-0.1, -0.05) is 35.5 Å². The smallest absolute Gasteiger partial charge is 0.251 e. The van der Waals surface area contributed by atoms with Crippen LogP contribution in [-0.4, -0.2) is 56.1 Å². The van der Waals surface area contributed by atoms with Crippen molar-refractivity contribution in [1.29, 1.82) is 0 Å². The van der Waals surface area contributed by atoms with E-state index in [0.717, 1.165) is 24.5 Å². The lowest BCUT2D eigenvalue weighted by atomic mass is 10.1. The van der Waals surface area contributed by atoms with Gasteiger partial charge in [0.25, 0.3) is 5.91 Å². The van der Waals surface area contributed by atoms with Crippen LogP contribution in [0.5, 0.6) is 0 Å². The Hall–Kier alpha value is -1.83. The molecule has 1 fully saturated rings. The van der Waals surface area contributed by atoms with Crippen molar-refractivity contribution in [3.8, 4) is 0 Å². The SMILES string of the molecule is CN(C)c1cc(Cl)nc(SCc2cccc(C(=O)NCC[NH+]3CCCC3)c2)n1. The molecule has 2 aromatic rings. The van der Waals surface area contributed by atoms with Crippen molar-refractivity contribution < 1.29 is 9.69 Å². The first kappa shape index (κ1) is 20.9. The molecule has 1 aromatic carbocycles. The summed E-state index contributed by atoms with van der Waals surface area (Å²) in [5, 5.41) is 4.09.